The predicted octanol–water partition coefficient (Wildman–Crippen LogP) is 4.03. The normalized spacial score (nSPS) is 10.3. The van der Waals surface area contributed by atoms with Gasteiger partial charge in [-0.25, -0.2) is 0 Å². The number of aromatic nitrogens is 1. The van der Waals surface area contributed by atoms with Crippen molar-refractivity contribution in [2.24, 2.45) is 0 Å². The van der Waals surface area contributed by atoms with Crippen molar-refractivity contribution in [3.63, 3.8) is 0 Å². The van der Waals surface area contributed by atoms with Gasteiger partial charge in [-0.3, -0.25) is 0 Å². The minimum atomic E-state index is 0.771. The van der Waals surface area contributed by atoms with Crippen LogP contribution in [0, 0.1) is 18.5 Å². The van der Waals surface area contributed by atoms with E-state index in [9.17, 15) is 0 Å². The molecule has 1 aromatic carbocycles. The number of aromatic amines is 1. The molecule has 1 nitrogen and oxygen atoms in total. The Hall–Kier alpha value is -1.41. The maximum absolute atomic E-state index is 5.11. The summed E-state index contributed by atoms with van der Waals surface area (Å²) in [6.07, 6.45) is 0. The molecule has 1 N–H and O–H groups in total. The first-order valence-electron chi connectivity index (χ1n) is 4.94. The lowest BCUT2D eigenvalue weighted by Gasteiger charge is -2.06. The Kier molecular flexibility index (Phi) is 2.69. The Morgan fingerprint density at radius 3 is 2.53 bits per heavy atom. The van der Waals surface area contributed by atoms with Crippen molar-refractivity contribution in [3.8, 4) is 11.3 Å². The summed E-state index contributed by atoms with van der Waals surface area (Å²) in [5, 5.41) is 0. The van der Waals surface area contributed by atoms with Crippen LogP contribution in [0.4, 0.5) is 0 Å². The van der Waals surface area contributed by atoms with Crippen molar-refractivity contribution in [1.82, 2.24) is 4.98 Å². The number of rotatable bonds is 1. The fraction of sp³-hybridized carbons (Fsp3) is 0.154. The molecule has 0 atom stereocenters. The summed E-state index contributed by atoms with van der Waals surface area (Å²) in [6, 6.07) is 12.3. The second-order valence-corrected chi connectivity index (χ2v) is 4.19. The number of hydrogen-bond donors (Lipinski definition) is 1. The second-order valence-electron chi connectivity index (χ2n) is 3.75. The van der Waals surface area contributed by atoms with Crippen LogP contribution in [0.25, 0.3) is 11.3 Å². The first-order chi connectivity index (χ1) is 7.16. The number of hydrogen-bond acceptors (Lipinski definition) is 1. The minimum absolute atomic E-state index is 0.771. The molecule has 2 heteroatoms. The smallest absolute Gasteiger partial charge is 0.103 e. The molecule has 0 aliphatic carbocycles. The highest BCUT2D eigenvalue weighted by atomic mass is 32.1. The summed E-state index contributed by atoms with van der Waals surface area (Å²) < 4.78 is 0.771. The van der Waals surface area contributed by atoms with Crippen LogP contribution in [0.3, 0.4) is 0 Å². The van der Waals surface area contributed by atoms with Crippen LogP contribution >= 0.6 is 12.2 Å². The lowest BCUT2D eigenvalue weighted by atomic mass is 10.0. The molecule has 0 saturated heterocycles. The van der Waals surface area contributed by atoms with Crippen LogP contribution in [0.15, 0.2) is 36.4 Å². The largest absolute Gasteiger partial charge is 0.346 e. The zero-order chi connectivity index (χ0) is 10.8. The zero-order valence-electron chi connectivity index (χ0n) is 8.87. The molecule has 0 saturated carbocycles. The third kappa shape index (κ3) is 2.16. The Bertz CT molecular complexity index is 540. The number of nitrogens with one attached hydrogen (secondary N) is 1. The molecule has 2 rings (SSSR count). The van der Waals surface area contributed by atoms with Crippen LogP contribution in [0.1, 0.15) is 11.1 Å². The molecular formula is C13H13NS. The van der Waals surface area contributed by atoms with E-state index in [1.165, 1.54) is 16.7 Å². The van der Waals surface area contributed by atoms with E-state index in [-0.39, 0.29) is 0 Å². The monoisotopic (exact) mass is 215 g/mol. The number of H-pyrrole nitrogens is 1. The van der Waals surface area contributed by atoms with Crippen molar-refractivity contribution < 1.29 is 0 Å². The van der Waals surface area contributed by atoms with Crippen molar-refractivity contribution in [2.45, 2.75) is 13.8 Å². The van der Waals surface area contributed by atoms with Gasteiger partial charge in [-0.1, -0.05) is 42.0 Å². The molecule has 0 spiro atoms. The Morgan fingerprint density at radius 2 is 1.87 bits per heavy atom. The SMILES string of the molecule is Cc1ccc(-c2cccc(=S)[nH]2)c(C)c1. The molecule has 15 heavy (non-hydrogen) atoms. The van der Waals surface area contributed by atoms with E-state index in [0.29, 0.717) is 0 Å². The van der Waals surface area contributed by atoms with Crippen LogP contribution in [-0.2, 0) is 0 Å². The molecule has 2 aromatic rings. The fourth-order valence-corrected chi connectivity index (χ4v) is 1.91. The lowest BCUT2D eigenvalue weighted by Crippen LogP contribution is -1.87. The summed E-state index contributed by atoms with van der Waals surface area (Å²) in [4.78, 5) is 3.20. The molecule has 0 bridgehead atoms. The van der Waals surface area contributed by atoms with Gasteiger partial charge in [-0.2, -0.15) is 0 Å². The lowest BCUT2D eigenvalue weighted by molar-refractivity contribution is 1.27. The van der Waals surface area contributed by atoms with E-state index in [1.807, 2.05) is 18.2 Å². The Balaban J connectivity index is 2.59. The minimum Gasteiger partial charge on any atom is -0.346 e. The third-order valence-electron chi connectivity index (χ3n) is 2.44. The highest BCUT2D eigenvalue weighted by Crippen LogP contribution is 2.21. The molecule has 1 aromatic heterocycles. The van der Waals surface area contributed by atoms with Gasteiger partial charge in [0.1, 0.15) is 4.64 Å². The van der Waals surface area contributed by atoms with Crippen molar-refractivity contribution in [2.75, 3.05) is 0 Å². The fourth-order valence-electron chi connectivity index (χ4n) is 1.72. The number of pyridine rings is 1. The van der Waals surface area contributed by atoms with Gasteiger partial charge < -0.3 is 4.98 Å². The average molecular weight is 215 g/mol. The summed E-state index contributed by atoms with van der Waals surface area (Å²) in [5.41, 5.74) is 4.85. The van der Waals surface area contributed by atoms with E-state index in [4.69, 9.17) is 12.2 Å². The predicted molar refractivity (Wildman–Crippen MR) is 66.5 cm³/mol. The Labute approximate surface area is 94.8 Å². The third-order valence-corrected chi connectivity index (χ3v) is 2.68. The van der Waals surface area contributed by atoms with Crippen molar-refractivity contribution >= 4 is 12.2 Å². The molecule has 0 radical (unpaired) electrons. The van der Waals surface area contributed by atoms with E-state index < -0.39 is 0 Å². The van der Waals surface area contributed by atoms with E-state index in [0.717, 1.165) is 10.3 Å². The molecule has 76 valence electrons. The molecule has 0 unspecified atom stereocenters. The van der Waals surface area contributed by atoms with E-state index in [2.05, 4.69) is 37.0 Å². The number of aryl methyl sites for hydroxylation is 2. The summed E-state index contributed by atoms with van der Waals surface area (Å²) >= 11 is 5.11. The van der Waals surface area contributed by atoms with Crippen LogP contribution in [0.5, 0.6) is 0 Å². The highest BCUT2D eigenvalue weighted by Gasteiger charge is 2.01. The quantitative estimate of drug-likeness (QED) is 0.710. The van der Waals surface area contributed by atoms with E-state index >= 15 is 0 Å². The van der Waals surface area contributed by atoms with Gasteiger partial charge in [-0.05, 0) is 31.5 Å². The summed E-state index contributed by atoms with van der Waals surface area (Å²) in [6.45, 7) is 4.22. The van der Waals surface area contributed by atoms with Gasteiger partial charge in [0.05, 0.1) is 0 Å². The topological polar surface area (TPSA) is 15.8 Å². The highest BCUT2D eigenvalue weighted by molar-refractivity contribution is 7.71. The van der Waals surface area contributed by atoms with Crippen LogP contribution < -0.4 is 0 Å². The Morgan fingerprint density at radius 1 is 1.07 bits per heavy atom. The molecular weight excluding hydrogens is 202 g/mol. The molecule has 0 fully saturated rings. The van der Waals surface area contributed by atoms with Crippen molar-refractivity contribution in [1.29, 1.82) is 0 Å². The first kappa shape index (κ1) is 10.1. The van der Waals surface area contributed by atoms with Crippen LogP contribution in [0.2, 0.25) is 0 Å². The van der Waals surface area contributed by atoms with Gasteiger partial charge in [0, 0.05) is 11.3 Å². The van der Waals surface area contributed by atoms with Gasteiger partial charge in [0.15, 0.2) is 0 Å². The van der Waals surface area contributed by atoms with Gasteiger partial charge >= 0.3 is 0 Å². The molecule has 0 aliphatic rings. The number of benzene rings is 1. The van der Waals surface area contributed by atoms with Gasteiger partial charge in [-0.15, -0.1) is 0 Å². The zero-order valence-corrected chi connectivity index (χ0v) is 9.69. The van der Waals surface area contributed by atoms with Crippen LogP contribution in [-0.4, -0.2) is 4.98 Å². The van der Waals surface area contributed by atoms with Crippen molar-refractivity contribution in [3.05, 3.63) is 52.2 Å². The summed E-state index contributed by atoms with van der Waals surface area (Å²) in [7, 11) is 0. The van der Waals surface area contributed by atoms with Gasteiger partial charge in [0.25, 0.3) is 0 Å². The summed E-state index contributed by atoms with van der Waals surface area (Å²) in [5.74, 6) is 0. The second kappa shape index (κ2) is 3.99. The maximum atomic E-state index is 5.11. The average Bonchev–Trinajstić information content (AvgIpc) is 2.17. The molecule has 0 amide bonds. The van der Waals surface area contributed by atoms with E-state index in [1.54, 1.807) is 0 Å². The van der Waals surface area contributed by atoms with Gasteiger partial charge in [0.2, 0.25) is 0 Å². The molecule has 0 aliphatic heterocycles. The maximum Gasteiger partial charge on any atom is 0.103 e. The molecule has 1 heterocycles. The standard InChI is InChI=1S/C13H13NS/c1-9-6-7-11(10(2)8-9)12-4-3-5-13(15)14-12/h3-8H,1-2H3,(H,14,15). The first-order valence-corrected chi connectivity index (χ1v) is 5.34.